The molecule has 1 aromatic heterocycles. The normalized spacial score (nSPS) is 10.7. The zero-order chi connectivity index (χ0) is 14.4. The zero-order valence-corrected chi connectivity index (χ0v) is 11.9. The first kappa shape index (κ1) is 14.3. The summed E-state index contributed by atoms with van der Waals surface area (Å²) >= 11 is 5.92. The van der Waals surface area contributed by atoms with E-state index in [1.807, 2.05) is 36.4 Å². The van der Waals surface area contributed by atoms with E-state index < -0.39 is 0 Å². The quantitative estimate of drug-likeness (QED) is 0.807. The lowest BCUT2D eigenvalue weighted by atomic mass is 10.2. The third-order valence-corrected chi connectivity index (χ3v) is 3.02. The predicted molar refractivity (Wildman–Crippen MR) is 81.2 cm³/mol. The molecule has 1 heterocycles. The lowest BCUT2D eigenvalue weighted by Gasteiger charge is -2.15. The summed E-state index contributed by atoms with van der Waals surface area (Å²) in [6, 6.07) is 11.2. The number of amides is 1. The van der Waals surface area contributed by atoms with E-state index in [4.69, 9.17) is 11.6 Å². The summed E-state index contributed by atoms with van der Waals surface area (Å²) in [6.07, 6.45) is 6.70. The van der Waals surface area contributed by atoms with Gasteiger partial charge in [-0.3, -0.25) is 9.78 Å². The lowest BCUT2D eigenvalue weighted by Crippen LogP contribution is -2.24. The number of hydrogen-bond donors (Lipinski definition) is 0. The van der Waals surface area contributed by atoms with Crippen LogP contribution in [0.2, 0.25) is 5.02 Å². The summed E-state index contributed by atoms with van der Waals surface area (Å²) in [5.41, 5.74) is 1.90. The van der Waals surface area contributed by atoms with Crippen LogP contribution < -0.4 is 0 Å². The molecule has 2 aromatic rings. The Morgan fingerprint density at radius 1 is 1.35 bits per heavy atom. The van der Waals surface area contributed by atoms with Crippen molar-refractivity contribution in [2.75, 3.05) is 7.05 Å². The van der Waals surface area contributed by atoms with E-state index in [0.29, 0.717) is 11.6 Å². The molecule has 0 saturated carbocycles. The number of halogens is 1. The molecule has 0 atom stereocenters. The molecule has 0 fully saturated rings. The van der Waals surface area contributed by atoms with Crippen molar-refractivity contribution in [2.24, 2.45) is 0 Å². The third kappa shape index (κ3) is 4.21. The summed E-state index contributed by atoms with van der Waals surface area (Å²) in [5, 5.41) is 0.675. The Balaban J connectivity index is 1.97. The monoisotopic (exact) mass is 286 g/mol. The van der Waals surface area contributed by atoms with Crippen LogP contribution in [0.3, 0.4) is 0 Å². The van der Waals surface area contributed by atoms with Crippen LogP contribution in [0.5, 0.6) is 0 Å². The van der Waals surface area contributed by atoms with Crippen molar-refractivity contribution in [2.45, 2.75) is 6.54 Å². The number of pyridine rings is 1. The highest BCUT2D eigenvalue weighted by atomic mass is 35.5. The van der Waals surface area contributed by atoms with E-state index in [0.717, 1.165) is 11.1 Å². The van der Waals surface area contributed by atoms with Crippen LogP contribution >= 0.6 is 11.6 Å². The molecule has 1 amide bonds. The molecule has 0 bridgehead atoms. The average Bonchev–Trinajstić information content (AvgIpc) is 2.46. The van der Waals surface area contributed by atoms with Gasteiger partial charge in [0.15, 0.2) is 0 Å². The molecule has 4 heteroatoms. The molecule has 102 valence electrons. The number of hydrogen-bond acceptors (Lipinski definition) is 2. The van der Waals surface area contributed by atoms with Crippen molar-refractivity contribution in [3.05, 3.63) is 71.0 Å². The minimum absolute atomic E-state index is 0.0613. The lowest BCUT2D eigenvalue weighted by molar-refractivity contribution is -0.125. The Kier molecular flexibility index (Phi) is 4.91. The van der Waals surface area contributed by atoms with E-state index in [9.17, 15) is 4.79 Å². The first-order chi connectivity index (χ1) is 9.65. The average molecular weight is 287 g/mol. The van der Waals surface area contributed by atoms with Gasteiger partial charge in [0.1, 0.15) is 0 Å². The molecule has 0 aliphatic rings. The van der Waals surface area contributed by atoms with Crippen molar-refractivity contribution in [1.29, 1.82) is 0 Å². The minimum Gasteiger partial charge on any atom is -0.338 e. The topological polar surface area (TPSA) is 33.2 Å². The molecule has 0 unspecified atom stereocenters. The van der Waals surface area contributed by atoms with Gasteiger partial charge in [-0.25, -0.2) is 0 Å². The van der Waals surface area contributed by atoms with Gasteiger partial charge in [-0.2, -0.15) is 0 Å². The SMILES string of the molecule is CN(Cc1cccc(Cl)c1)C(=O)/C=C/c1cccnc1. The maximum atomic E-state index is 12.0. The molecule has 3 nitrogen and oxygen atoms in total. The number of carbonyl (C=O) groups excluding carboxylic acids is 1. The highest BCUT2D eigenvalue weighted by Gasteiger charge is 2.05. The maximum Gasteiger partial charge on any atom is 0.246 e. The van der Waals surface area contributed by atoms with Crippen molar-refractivity contribution >= 4 is 23.6 Å². The van der Waals surface area contributed by atoms with E-state index in [2.05, 4.69) is 4.98 Å². The van der Waals surface area contributed by atoms with Gasteiger partial charge in [-0.1, -0.05) is 29.8 Å². The second-order valence-corrected chi connectivity index (χ2v) is 4.88. The Hall–Kier alpha value is -2.13. The molecule has 20 heavy (non-hydrogen) atoms. The Labute approximate surface area is 123 Å². The standard InChI is InChI=1S/C16H15ClN2O/c1-19(12-14-4-2-6-15(17)10-14)16(20)8-7-13-5-3-9-18-11-13/h2-11H,12H2,1H3/b8-7+. The number of likely N-dealkylation sites (N-methyl/N-ethyl adjacent to an activating group) is 1. The van der Waals surface area contributed by atoms with Gasteiger partial charge in [0.25, 0.3) is 0 Å². The van der Waals surface area contributed by atoms with Gasteiger partial charge in [-0.05, 0) is 35.4 Å². The van der Waals surface area contributed by atoms with Crippen LogP contribution in [-0.4, -0.2) is 22.8 Å². The second kappa shape index (κ2) is 6.87. The molecule has 1 aromatic carbocycles. The largest absolute Gasteiger partial charge is 0.338 e. The third-order valence-electron chi connectivity index (χ3n) is 2.79. The van der Waals surface area contributed by atoms with Gasteiger partial charge in [0.05, 0.1) is 0 Å². The highest BCUT2D eigenvalue weighted by molar-refractivity contribution is 6.30. The molecule has 0 saturated heterocycles. The Morgan fingerprint density at radius 2 is 2.20 bits per heavy atom. The number of carbonyl (C=O) groups is 1. The highest BCUT2D eigenvalue weighted by Crippen LogP contribution is 2.12. The van der Waals surface area contributed by atoms with Gasteiger partial charge in [0.2, 0.25) is 5.91 Å². The van der Waals surface area contributed by atoms with Gasteiger partial charge in [-0.15, -0.1) is 0 Å². The minimum atomic E-state index is -0.0613. The van der Waals surface area contributed by atoms with Gasteiger partial charge in [0, 0.05) is 37.1 Å². The molecular formula is C16H15ClN2O. The Bertz CT molecular complexity index is 611. The van der Waals surface area contributed by atoms with Gasteiger partial charge < -0.3 is 4.90 Å². The summed E-state index contributed by atoms with van der Waals surface area (Å²) in [6.45, 7) is 0.525. The van der Waals surface area contributed by atoms with Crippen molar-refractivity contribution < 1.29 is 4.79 Å². The fourth-order valence-electron chi connectivity index (χ4n) is 1.76. The summed E-state index contributed by atoms with van der Waals surface area (Å²) in [4.78, 5) is 17.6. The summed E-state index contributed by atoms with van der Waals surface area (Å²) in [5.74, 6) is -0.0613. The van der Waals surface area contributed by atoms with Gasteiger partial charge >= 0.3 is 0 Å². The number of rotatable bonds is 4. The summed E-state index contributed by atoms with van der Waals surface area (Å²) in [7, 11) is 1.76. The number of benzene rings is 1. The molecule has 0 aliphatic heterocycles. The van der Waals surface area contributed by atoms with Crippen molar-refractivity contribution in [1.82, 2.24) is 9.88 Å². The number of aromatic nitrogens is 1. The number of nitrogens with zero attached hydrogens (tertiary/aromatic N) is 2. The molecule has 0 radical (unpaired) electrons. The van der Waals surface area contributed by atoms with Crippen LogP contribution in [0.25, 0.3) is 6.08 Å². The molecule has 0 aliphatic carbocycles. The van der Waals surface area contributed by atoms with E-state index in [-0.39, 0.29) is 5.91 Å². The van der Waals surface area contributed by atoms with E-state index in [1.165, 1.54) is 0 Å². The molecule has 2 rings (SSSR count). The van der Waals surface area contributed by atoms with E-state index in [1.54, 1.807) is 36.5 Å². The zero-order valence-electron chi connectivity index (χ0n) is 11.2. The van der Waals surface area contributed by atoms with Crippen molar-refractivity contribution in [3.63, 3.8) is 0 Å². The smallest absolute Gasteiger partial charge is 0.246 e. The van der Waals surface area contributed by atoms with Crippen LogP contribution in [0, 0.1) is 0 Å². The van der Waals surface area contributed by atoms with Crippen LogP contribution in [0.15, 0.2) is 54.9 Å². The summed E-state index contributed by atoms with van der Waals surface area (Å²) < 4.78 is 0. The maximum absolute atomic E-state index is 12.0. The van der Waals surface area contributed by atoms with Crippen LogP contribution in [-0.2, 0) is 11.3 Å². The van der Waals surface area contributed by atoms with E-state index >= 15 is 0 Å². The second-order valence-electron chi connectivity index (χ2n) is 4.44. The molecule has 0 spiro atoms. The fourth-order valence-corrected chi connectivity index (χ4v) is 1.97. The Morgan fingerprint density at radius 3 is 2.90 bits per heavy atom. The predicted octanol–water partition coefficient (Wildman–Crippen LogP) is 3.41. The molecular weight excluding hydrogens is 272 g/mol. The fraction of sp³-hybridized carbons (Fsp3) is 0.125. The van der Waals surface area contributed by atoms with Crippen LogP contribution in [0.4, 0.5) is 0 Å². The first-order valence-electron chi connectivity index (χ1n) is 6.23. The van der Waals surface area contributed by atoms with Crippen molar-refractivity contribution in [3.8, 4) is 0 Å². The van der Waals surface area contributed by atoms with Crippen LogP contribution in [0.1, 0.15) is 11.1 Å². The molecule has 0 N–H and O–H groups in total. The first-order valence-corrected chi connectivity index (χ1v) is 6.60.